The average Bonchev–Trinajstić information content (AvgIpc) is 2.78. The van der Waals surface area contributed by atoms with Crippen molar-refractivity contribution in [2.24, 2.45) is 5.92 Å². The summed E-state index contributed by atoms with van der Waals surface area (Å²) in [5.41, 5.74) is -0.0322. The molecule has 1 amide bonds. The number of amides is 1. The van der Waals surface area contributed by atoms with Gasteiger partial charge in [0.25, 0.3) is 0 Å². The number of carbonyl (C=O) groups excluding carboxylic acids is 1. The van der Waals surface area contributed by atoms with Gasteiger partial charge in [-0.15, -0.1) is 0 Å². The zero-order valence-electron chi connectivity index (χ0n) is 11.9. The lowest BCUT2D eigenvalue weighted by atomic mass is 9.85. The van der Waals surface area contributed by atoms with E-state index in [4.69, 9.17) is 14.6 Å². The van der Waals surface area contributed by atoms with E-state index in [9.17, 15) is 9.59 Å². The Bertz CT molecular complexity index is 504. The number of alkyl carbamates (subject to hydrolysis) is 1. The Morgan fingerprint density at radius 2 is 2.14 bits per heavy atom. The minimum absolute atomic E-state index is 0.0853. The quantitative estimate of drug-likeness (QED) is 0.864. The highest BCUT2D eigenvalue weighted by Gasteiger charge is 2.45. The van der Waals surface area contributed by atoms with Gasteiger partial charge in [-0.05, 0) is 5.56 Å². The van der Waals surface area contributed by atoms with Crippen LogP contribution in [0.4, 0.5) is 4.79 Å². The van der Waals surface area contributed by atoms with Crippen LogP contribution in [0.2, 0.25) is 0 Å². The summed E-state index contributed by atoms with van der Waals surface area (Å²) in [5, 5.41) is 11.7. The van der Waals surface area contributed by atoms with Crippen LogP contribution in [0, 0.1) is 5.92 Å². The molecule has 1 heterocycles. The first kappa shape index (κ1) is 15.3. The highest BCUT2D eigenvalue weighted by Crippen LogP contribution is 2.28. The molecule has 1 aliphatic rings. The van der Waals surface area contributed by atoms with E-state index in [0.29, 0.717) is 6.61 Å². The molecule has 0 saturated carbocycles. The number of rotatable bonds is 5. The van der Waals surface area contributed by atoms with Crippen molar-refractivity contribution in [3.63, 3.8) is 0 Å². The number of ether oxygens (including phenoxy) is 2. The molecule has 0 aliphatic carbocycles. The van der Waals surface area contributed by atoms with Gasteiger partial charge in [-0.3, -0.25) is 4.79 Å². The van der Waals surface area contributed by atoms with Gasteiger partial charge in [0.1, 0.15) is 6.61 Å². The normalized spacial score (nSPS) is 24.5. The van der Waals surface area contributed by atoms with Crippen molar-refractivity contribution in [3.05, 3.63) is 35.9 Å². The largest absolute Gasteiger partial charge is 0.481 e. The molecule has 1 fully saturated rings. The molecule has 0 aromatic heterocycles. The van der Waals surface area contributed by atoms with Gasteiger partial charge in [-0.25, -0.2) is 4.79 Å². The molecule has 21 heavy (non-hydrogen) atoms. The molecular weight excluding hydrogens is 274 g/mol. The van der Waals surface area contributed by atoms with E-state index in [2.05, 4.69) is 5.32 Å². The molecule has 0 bridgehead atoms. The number of carboxylic acids is 1. The van der Waals surface area contributed by atoms with E-state index >= 15 is 0 Å². The molecule has 114 valence electrons. The Hall–Kier alpha value is -2.08. The monoisotopic (exact) mass is 293 g/mol. The van der Waals surface area contributed by atoms with Gasteiger partial charge in [-0.1, -0.05) is 37.3 Å². The second kappa shape index (κ2) is 6.58. The molecular formula is C15H19NO5. The van der Waals surface area contributed by atoms with Crippen molar-refractivity contribution in [1.82, 2.24) is 5.32 Å². The third-order valence-corrected chi connectivity index (χ3v) is 3.70. The minimum Gasteiger partial charge on any atom is -0.481 e. The van der Waals surface area contributed by atoms with Crippen molar-refractivity contribution in [2.45, 2.75) is 25.5 Å². The molecule has 2 unspecified atom stereocenters. The molecule has 2 atom stereocenters. The van der Waals surface area contributed by atoms with E-state index in [0.717, 1.165) is 5.56 Å². The number of carbonyl (C=O) groups is 2. The molecule has 0 radical (unpaired) electrons. The summed E-state index contributed by atoms with van der Waals surface area (Å²) in [4.78, 5) is 22.9. The van der Waals surface area contributed by atoms with Crippen molar-refractivity contribution >= 4 is 12.1 Å². The van der Waals surface area contributed by atoms with E-state index in [-0.39, 0.29) is 25.6 Å². The Morgan fingerprint density at radius 3 is 2.71 bits per heavy atom. The standard InChI is InChI=1S/C15H19NO5/c1-11-8-20-10-15(11,7-13(17)18)16-14(19)21-9-12-5-3-2-4-6-12/h2-6,11H,7-10H2,1H3,(H,16,19)(H,17,18). The molecule has 2 N–H and O–H groups in total. The molecule has 2 rings (SSSR count). The van der Waals surface area contributed by atoms with Gasteiger partial charge >= 0.3 is 12.1 Å². The summed E-state index contributed by atoms with van der Waals surface area (Å²) in [6, 6.07) is 9.29. The number of carboxylic acid groups (broad SMARTS) is 1. The zero-order valence-corrected chi connectivity index (χ0v) is 11.9. The van der Waals surface area contributed by atoms with Crippen LogP contribution in [0.25, 0.3) is 0 Å². The Labute approximate surface area is 123 Å². The highest BCUT2D eigenvalue weighted by molar-refractivity contribution is 5.73. The zero-order chi connectivity index (χ0) is 15.3. The predicted molar refractivity (Wildman–Crippen MR) is 74.7 cm³/mol. The Morgan fingerprint density at radius 1 is 1.43 bits per heavy atom. The van der Waals surface area contributed by atoms with Crippen LogP contribution < -0.4 is 5.32 Å². The summed E-state index contributed by atoms with van der Waals surface area (Å²) >= 11 is 0. The maximum absolute atomic E-state index is 11.9. The summed E-state index contributed by atoms with van der Waals surface area (Å²) in [6.45, 7) is 2.60. The van der Waals surface area contributed by atoms with Crippen molar-refractivity contribution in [3.8, 4) is 0 Å². The SMILES string of the molecule is CC1COCC1(CC(=O)O)NC(=O)OCc1ccccc1. The smallest absolute Gasteiger partial charge is 0.408 e. The lowest BCUT2D eigenvalue weighted by Gasteiger charge is -2.30. The Balaban J connectivity index is 1.94. The molecule has 0 spiro atoms. The number of aliphatic carboxylic acids is 1. The van der Waals surface area contributed by atoms with Gasteiger partial charge in [0, 0.05) is 5.92 Å². The molecule has 1 aliphatic heterocycles. The van der Waals surface area contributed by atoms with Gasteiger partial charge in [-0.2, -0.15) is 0 Å². The van der Waals surface area contributed by atoms with E-state index in [1.54, 1.807) is 0 Å². The van der Waals surface area contributed by atoms with Crippen LogP contribution in [0.15, 0.2) is 30.3 Å². The van der Waals surface area contributed by atoms with Crippen LogP contribution in [0.5, 0.6) is 0 Å². The number of benzene rings is 1. The van der Waals surface area contributed by atoms with Gasteiger partial charge in [0.15, 0.2) is 0 Å². The first-order valence-electron chi connectivity index (χ1n) is 6.80. The molecule has 1 aromatic rings. The highest BCUT2D eigenvalue weighted by atomic mass is 16.5. The van der Waals surface area contributed by atoms with Crippen molar-refractivity contribution in [1.29, 1.82) is 0 Å². The van der Waals surface area contributed by atoms with Gasteiger partial charge in [0.2, 0.25) is 0 Å². The summed E-state index contributed by atoms with van der Waals surface area (Å²) in [7, 11) is 0. The predicted octanol–water partition coefficient (Wildman–Crippen LogP) is 1.79. The summed E-state index contributed by atoms with van der Waals surface area (Å²) in [6.07, 6.45) is -0.813. The number of nitrogens with one attached hydrogen (secondary N) is 1. The topological polar surface area (TPSA) is 84.9 Å². The summed E-state index contributed by atoms with van der Waals surface area (Å²) in [5.74, 6) is -1.06. The maximum atomic E-state index is 11.9. The van der Waals surface area contributed by atoms with Gasteiger partial charge in [0.05, 0.1) is 25.2 Å². The molecule has 6 nitrogen and oxygen atoms in total. The van der Waals surface area contributed by atoms with Crippen molar-refractivity contribution < 1.29 is 24.2 Å². The van der Waals surface area contributed by atoms with Crippen LogP contribution in [-0.2, 0) is 20.9 Å². The summed E-state index contributed by atoms with van der Waals surface area (Å²) < 4.78 is 10.5. The molecule has 1 saturated heterocycles. The van der Waals surface area contributed by atoms with Crippen molar-refractivity contribution in [2.75, 3.05) is 13.2 Å². The van der Waals surface area contributed by atoms with Crippen LogP contribution >= 0.6 is 0 Å². The first-order chi connectivity index (χ1) is 10.0. The lowest BCUT2D eigenvalue weighted by Crippen LogP contribution is -2.54. The molecule has 1 aromatic carbocycles. The van der Waals surface area contributed by atoms with E-state index in [1.807, 2.05) is 37.3 Å². The lowest BCUT2D eigenvalue weighted by molar-refractivity contribution is -0.139. The third-order valence-electron chi connectivity index (χ3n) is 3.70. The van der Waals surface area contributed by atoms with Crippen LogP contribution in [0.1, 0.15) is 18.9 Å². The third kappa shape index (κ3) is 3.95. The average molecular weight is 293 g/mol. The van der Waals surface area contributed by atoms with Crippen LogP contribution in [0.3, 0.4) is 0 Å². The van der Waals surface area contributed by atoms with Crippen LogP contribution in [-0.4, -0.2) is 35.9 Å². The molecule has 6 heteroatoms. The Kier molecular flexibility index (Phi) is 4.80. The minimum atomic E-state index is -0.976. The number of hydrogen-bond donors (Lipinski definition) is 2. The van der Waals surface area contributed by atoms with E-state index in [1.165, 1.54) is 0 Å². The second-order valence-electron chi connectivity index (χ2n) is 5.33. The fraction of sp³-hybridized carbons (Fsp3) is 0.467. The fourth-order valence-electron chi connectivity index (χ4n) is 2.38. The second-order valence-corrected chi connectivity index (χ2v) is 5.33. The number of hydrogen-bond acceptors (Lipinski definition) is 4. The fourth-order valence-corrected chi connectivity index (χ4v) is 2.38. The first-order valence-corrected chi connectivity index (χ1v) is 6.80. The van der Waals surface area contributed by atoms with Gasteiger partial charge < -0.3 is 19.9 Å². The van der Waals surface area contributed by atoms with E-state index < -0.39 is 17.6 Å². The maximum Gasteiger partial charge on any atom is 0.408 e.